The van der Waals surface area contributed by atoms with Gasteiger partial charge in [-0.1, -0.05) is 32.6 Å². The van der Waals surface area contributed by atoms with Crippen LogP contribution in [0.4, 0.5) is 0 Å². The minimum atomic E-state index is 0.0528. The van der Waals surface area contributed by atoms with Crippen LogP contribution < -0.4 is 11.1 Å². The fraction of sp³-hybridized carbons (Fsp3) is 0.933. The van der Waals surface area contributed by atoms with Gasteiger partial charge in [0, 0.05) is 12.1 Å². The van der Waals surface area contributed by atoms with Crippen LogP contribution in [0.25, 0.3) is 0 Å². The maximum Gasteiger partial charge on any atom is 0.224 e. The molecule has 0 aromatic rings. The summed E-state index contributed by atoms with van der Waals surface area (Å²) in [5.41, 5.74) is 6.12. The topological polar surface area (TPSA) is 55.1 Å². The molecule has 2 rings (SSSR count). The fourth-order valence-corrected chi connectivity index (χ4v) is 3.44. The summed E-state index contributed by atoms with van der Waals surface area (Å²) in [5.74, 6) is 0.924. The second-order valence-corrected chi connectivity index (χ2v) is 6.39. The van der Waals surface area contributed by atoms with Crippen LogP contribution in [0.3, 0.4) is 0 Å². The minimum Gasteiger partial charge on any atom is -0.353 e. The lowest BCUT2D eigenvalue weighted by molar-refractivity contribution is -0.127. The van der Waals surface area contributed by atoms with Gasteiger partial charge in [0.15, 0.2) is 0 Å². The Balaban J connectivity index is 1.85. The second-order valence-electron chi connectivity index (χ2n) is 6.39. The normalized spacial score (nSPS) is 34.9. The third kappa shape index (κ3) is 3.71. The van der Waals surface area contributed by atoms with E-state index in [0.29, 0.717) is 12.0 Å². The molecular weight excluding hydrogens is 224 g/mol. The molecule has 0 aromatic carbocycles. The average Bonchev–Trinajstić information content (AvgIpc) is 2.61. The number of rotatable bonds is 2. The summed E-state index contributed by atoms with van der Waals surface area (Å²) in [6.07, 6.45) is 10.6. The third-order valence-electron chi connectivity index (χ3n) is 4.70. The van der Waals surface area contributed by atoms with Crippen molar-refractivity contribution in [2.24, 2.45) is 17.6 Å². The van der Waals surface area contributed by atoms with Crippen molar-refractivity contribution in [2.75, 3.05) is 0 Å². The summed E-state index contributed by atoms with van der Waals surface area (Å²) in [4.78, 5) is 12.3. The van der Waals surface area contributed by atoms with Gasteiger partial charge < -0.3 is 11.1 Å². The molecule has 18 heavy (non-hydrogen) atoms. The molecule has 0 bridgehead atoms. The molecule has 3 N–H and O–H groups in total. The number of carbonyl (C=O) groups is 1. The first-order valence-electron chi connectivity index (χ1n) is 7.72. The van der Waals surface area contributed by atoms with E-state index in [1.807, 2.05) is 0 Å². The largest absolute Gasteiger partial charge is 0.353 e. The van der Waals surface area contributed by atoms with E-state index in [1.54, 1.807) is 0 Å². The van der Waals surface area contributed by atoms with Gasteiger partial charge in [-0.05, 0) is 38.0 Å². The molecule has 0 aliphatic heterocycles. The van der Waals surface area contributed by atoms with Gasteiger partial charge in [-0.3, -0.25) is 4.79 Å². The molecule has 3 nitrogen and oxygen atoms in total. The first-order valence-corrected chi connectivity index (χ1v) is 7.72. The van der Waals surface area contributed by atoms with Gasteiger partial charge in [-0.2, -0.15) is 0 Å². The van der Waals surface area contributed by atoms with Crippen molar-refractivity contribution in [2.45, 2.75) is 76.8 Å². The van der Waals surface area contributed by atoms with E-state index in [0.717, 1.165) is 25.7 Å². The van der Waals surface area contributed by atoms with E-state index in [9.17, 15) is 4.79 Å². The predicted octanol–water partition coefficient (Wildman–Crippen LogP) is 2.59. The number of nitrogens with two attached hydrogens (primary N) is 1. The van der Waals surface area contributed by atoms with Crippen molar-refractivity contribution in [1.29, 1.82) is 0 Å². The van der Waals surface area contributed by atoms with E-state index < -0.39 is 0 Å². The monoisotopic (exact) mass is 252 g/mol. The van der Waals surface area contributed by atoms with E-state index in [2.05, 4.69) is 12.2 Å². The zero-order valence-corrected chi connectivity index (χ0v) is 11.7. The maximum atomic E-state index is 12.3. The minimum absolute atomic E-state index is 0.0528. The lowest BCUT2D eigenvalue weighted by Crippen LogP contribution is -2.47. The number of carbonyl (C=O) groups excluding carboxylic acids is 1. The molecule has 104 valence electrons. The predicted molar refractivity (Wildman–Crippen MR) is 74.1 cm³/mol. The second kappa shape index (κ2) is 6.55. The lowest BCUT2D eigenvalue weighted by Gasteiger charge is -2.32. The van der Waals surface area contributed by atoms with Gasteiger partial charge in [-0.15, -0.1) is 0 Å². The van der Waals surface area contributed by atoms with Gasteiger partial charge in [0.05, 0.1) is 5.92 Å². The molecule has 2 saturated carbocycles. The quantitative estimate of drug-likeness (QED) is 0.742. The van der Waals surface area contributed by atoms with Crippen molar-refractivity contribution < 1.29 is 4.79 Å². The van der Waals surface area contributed by atoms with Gasteiger partial charge in [0.1, 0.15) is 0 Å². The molecule has 0 spiro atoms. The standard InChI is InChI=1S/C15H28N2O/c1-11-8-9-14(16)13(10-11)15(18)17-12-6-4-2-3-5-7-12/h11-14H,2-10,16H2,1H3,(H,17,18). The molecule has 0 heterocycles. The Morgan fingerprint density at radius 1 is 1.06 bits per heavy atom. The van der Waals surface area contributed by atoms with Crippen LogP contribution >= 0.6 is 0 Å². The zero-order chi connectivity index (χ0) is 13.0. The summed E-state index contributed by atoms with van der Waals surface area (Å²) in [6, 6.07) is 0.483. The molecule has 1 amide bonds. The van der Waals surface area contributed by atoms with Crippen LogP contribution in [0.5, 0.6) is 0 Å². The summed E-state index contributed by atoms with van der Waals surface area (Å²) in [7, 11) is 0. The average molecular weight is 252 g/mol. The third-order valence-corrected chi connectivity index (χ3v) is 4.70. The highest BCUT2D eigenvalue weighted by atomic mass is 16.2. The molecule has 0 radical (unpaired) electrons. The Morgan fingerprint density at radius 3 is 2.39 bits per heavy atom. The lowest BCUT2D eigenvalue weighted by atomic mass is 9.78. The van der Waals surface area contributed by atoms with Crippen molar-refractivity contribution in [3.8, 4) is 0 Å². The fourth-order valence-electron chi connectivity index (χ4n) is 3.44. The Kier molecular flexibility index (Phi) is 5.04. The van der Waals surface area contributed by atoms with Gasteiger partial charge in [0.2, 0.25) is 5.91 Å². The van der Waals surface area contributed by atoms with Crippen LogP contribution in [0.15, 0.2) is 0 Å². The van der Waals surface area contributed by atoms with Crippen LogP contribution in [0.2, 0.25) is 0 Å². The number of hydrogen-bond donors (Lipinski definition) is 2. The Morgan fingerprint density at radius 2 is 1.72 bits per heavy atom. The molecular formula is C15H28N2O. The Bertz CT molecular complexity index is 272. The zero-order valence-electron chi connectivity index (χ0n) is 11.7. The summed E-state index contributed by atoms with van der Waals surface area (Å²) in [5, 5.41) is 3.26. The van der Waals surface area contributed by atoms with Gasteiger partial charge in [-0.25, -0.2) is 0 Å². The van der Waals surface area contributed by atoms with E-state index >= 15 is 0 Å². The molecule has 3 heteroatoms. The van der Waals surface area contributed by atoms with E-state index in [-0.39, 0.29) is 17.9 Å². The molecule has 0 saturated heterocycles. The highest BCUT2D eigenvalue weighted by molar-refractivity contribution is 5.79. The van der Waals surface area contributed by atoms with Crippen molar-refractivity contribution in [3.05, 3.63) is 0 Å². The molecule has 2 fully saturated rings. The first kappa shape index (κ1) is 13.9. The highest BCUT2D eigenvalue weighted by Crippen LogP contribution is 2.28. The Hall–Kier alpha value is -0.570. The Labute approximate surface area is 111 Å². The molecule has 3 atom stereocenters. The smallest absolute Gasteiger partial charge is 0.224 e. The van der Waals surface area contributed by atoms with Crippen molar-refractivity contribution >= 4 is 5.91 Å². The molecule has 2 aliphatic rings. The summed E-state index contributed by atoms with van der Waals surface area (Å²) < 4.78 is 0. The first-order chi connectivity index (χ1) is 8.66. The van der Waals surface area contributed by atoms with Crippen LogP contribution in [-0.2, 0) is 4.79 Å². The van der Waals surface area contributed by atoms with E-state index in [1.165, 1.54) is 32.1 Å². The molecule has 0 aromatic heterocycles. The van der Waals surface area contributed by atoms with E-state index in [4.69, 9.17) is 5.73 Å². The summed E-state index contributed by atoms with van der Waals surface area (Å²) >= 11 is 0. The van der Waals surface area contributed by atoms with Gasteiger partial charge in [0.25, 0.3) is 0 Å². The molecule has 2 aliphatic carbocycles. The van der Waals surface area contributed by atoms with Crippen molar-refractivity contribution in [3.63, 3.8) is 0 Å². The summed E-state index contributed by atoms with van der Waals surface area (Å²) in [6.45, 7) is 2.23. The number of hydrogen-bond acceptors (Lipinski definition) is 2. The number of amides is 1. The maximum absolute atomic E-state index is 12.3. The molecule has 3 unspecified atom stereocenters. The number of nitrogens with one attached hydrogen (secondary N) is 1. The van der Waals surface area contributed by atoms with Crippen LogP contribution in [0, 0.1) is 11.8 Å². The SMILES string of the molecule is CC1CCC(N)C(C(=O)NC2CCCCCC2)C1. The van der Waals surface area contributed by atoms with Crippen LogP contribution in [-0.4, -0.2) is 18.0 Å². The highest BCUT2D eigenvalue weighted by Gasteiger charge is 2.32. The van der Waals surface area contributed by atoms with Gasteiger partial charge >= 0.3 is 0 Å². The van der Waals surface area contributed by atoms with Crippen molar-refractivity contribution in [1.82, 2.24) is 5.32 Å². The van der Waals surface area contributed by atoms with Crippen LogP contribution in [0.1, 0.15) is 64.7 Å².